The van der Waals surface area contributed by atoms with Crippen LogP contribution >= 0.6 is 12.2 Å². The van der Waals surface area contributed by atoms with Gasteiger partial charge in [0.1, 0.15) is 0 Å². The second-order valence-corrected chi connectivity index (χ2v) is 6.53. The Labute approximate surface area is 150 Å². The first-order chi connectivity index (χ1) is 11.7. The van der Waals surface area contributed by atoms with Gasteiger partial charge in [0, 0.05) is 38.6 Å². The van der Waals surface area contributed by atoms with Crippen LogP contribution in [-0.2, 0) is 13.1 Å². The van der Waals surface area contributed by atoms with Crippen LogP contribution < -0.4 is 5.32 Å². The van der Waals surface area contributed by atoms with Gasteiger partial charge in [-0.1, -0.05) is 43.2 Å². The van der Waals surface area contributed by atoms with Crippen LogP contribution in [-0.4, -0.2) is 32.7 Å². The molecule has 2 rings (SSSR count). The molecule has 0 aliphatic carbocycles. The lowest BCUT2D eigenvalue weighted by atomic mass is 10.1. The van der Waals surface area contributed by atoms with Crippen LogP contribution in [0.3, 0.4) is 0 Å². The van der Waals surface area contributed by atoms with E-state index < -0.39 is 0 Å². The number of imidazole rings is 1. The molecule has 1 aromatic carbocycles. The highest BCUT2D eigenvalue weighted by Gasteiger charge is 2.10. The van der Waals surface area contributed by atoms with Gasteiger partial charge in [0.05, 0.1) is 6.33 Å². The summed E-state index contributed by atoms with van der Waals surface area (Å²) in [6.45, 7) is 8.00. The average molecular weight is 345 g/mol. The lowest BCUT2D eigenvalue weighted by molar-refractivity contribution is 0.384. The topological polar surface area (TPSA) is 33.1 Å². The van der Waals surface area contributed by atoms with Crippen molar-refractivity contribution in [3.05, 3.63) is 54.1 Å². The van der Waals surface area contributed by atoms with Gasteiger partial charge in [-0.25, -0.2) is 4.98 Å². The molecule has 0 atom stereocenters. The van der Waals surface area contributed by atoms with Crippen LogP contribution in [0, 0.1) is 6.92 Å². The monoisotopic (exact) mass is 344 g/mol. The highest BCUT2D eigenvalue weighted by Crippen LogP contribution is 2.08. The summed E-state index contributed by atoms with van der Waals surface area (Å²) in [4.78, 5) is 6.36. The summed E-state index contributed by atoms with van der Waals surface area (Å²) in [5, 5.41) is 4.25. The maximum atomic E-state index is 5.62. The van der Waals surface area contributed by atoms with Crippen LogP contribution in [0.2, 0.25) is 0 Å². The third-order valence-electron chi connectivity index (χ3n) is 3.99. The average Bonchev–Trinajstić information content (AvgIpc) is 3.09. The fourth-order valence-corrected chi connectivity index (χ4v) is 2.77. The molecule has 1 aromatic heterocycles. The fraction of sp³-hybridized carbons (Fsp3) is 0.474. The molecule has 0 fully saturated rings. The lowest BCUT2D eigenvalue weighted by Crippen LogP contribution is -2.40. The molecule has 5 heteroatoms. The Morgan fingerprint density at radius 3 is 2.71 bits per heavy atom. The van der Waals surface area contributed by atoms with E-state index in [2.05, 4.69) is 57.9 Å². The second kappa shape index (κ2) is 10.1. The minimum atomic E-state index is 0.849. The molecule has 24 heavy (non-hydrogen) atoms. The molecular formula is C19H28N4S. The molecule has 0 amide bonds. The van der Waals surface area contributed by atoms with E-state index in [1.165, 1.54) is 17.5 Å². The van der Waals surface area contributed by atoms with E-state index in [0.29, 0.717) is 0 Å². The number of aryl methyl sites for hydroxylation is 2. The van der Waals surface area contributed by atoms with Crippen molar-refractivity contribution in [2.24, 2.45) is 0 Å². The highest BCUT2D eigenvalue weighted by molar-refractivity contribution is 7.80. The maximum absolute atomic E-state index is 5.62. The number of hydrogen-bond donors (Lipinski definition) is 1. The van der Waals surface area contributed by atoms with Crippen LogP contribution in [0.5, 0.6) is 0 Å². The van der Waals surface area contributed by atoms with E-state index in [4.69, 9.17) is 12.2 Å². The number of aromatic nitrogens is 2. The Kier molecular flexibility index (Phi) is 7.75. The van der Waals surface area contributed by atoms with Crippen LogP contribution in [0.15, 0.2) is 43.0 Å². The molecule has 0 aliphatic heterocycles. The lowest BCUT2D eigenvalue weighted by Gasteiger charge is -2.26. The van der Waals surface area contributed by atoms with Crippen molar-refractivity contribution in [1.29, 1.82) is 0 Å². The van der Waals surface area contributed by atoms with Gasteiger partial charge < -0.3 is 14.8 Å². The van der Waals surface area contributed by atoms with Crippen molar-refractivity contribution < 1.29 is 0 Å². The van der Waals surface area contributed by atoms with Crippen molar-refractivity contribution in [1.82, 2.24) is 19.8 Å². The van der Waals surface area contributed by atoms with Gasteiger partial charge in [-0.05, 0) is 37.5 Å². The van der Waals surface area contributed by atoms with Crippen LogP contribution in [0.25, 0.3) is 0 Å². The quantitative estimate of drug-likeness (QED) is 0.555. The van der Waals surface area contributed by atoms with E-state index in [1.807, 2.05) is 18.7 Å². The summed E-state index contributed by atoms with van der Waals surface area (Å²) >= 11 is 5.62. The minimum Gasteiger partial charge on any atom is -0.363 e. The van der Waals surface area contributed by atoms with Crippen LogP contribution in [0.4, 0.5) is 0 Å². The van der Waals surface area contributed by atoms with Crippen molar-refractivity contribution in [2.75, 3.05) is 13.1 Å². The number of nitrogens with zero attached hydrogens (tertiary/aromatic N) is 3. The summed E-state index contributed by atoms with van der Waals surface area (Å²) in [5.41, 5.74) is 2.58. The minimum absolute atomic E-state index is 0.849. The van der Waals surface area contributed by atoms with Crippen molar-refractivity contribution in [3.8, 4) is 0 Å². The molecule has 130 valence electrons. The molecule has 1 heterocycles. The van der Waals surface area contributed by atoms with Crippen molar-refractivity contribution in [3.63, 3.8) is 0 Å². The summed E-state index contributed by atoms with van der Waals surface area (Å²) in [6, 6.07) is 8.69. The highest BCUT2D eigenvalue weighted by atomic mass is 32.1. The van der Waals surface area contributed by atoms with Gasteiger partial charge in [-0.15, -0.1) is 0 Å². The smallest absolute Gasteiger partial charge is 0.169 e. The first kappa shape index (κ1) is 18.5. The molecule has 0 aliphatic rings. The molecule has 1 N–H and O–H groups in total. The summed E-state index contributed by atoms with van der Waals surface area (Å²) in [7, 11) is 0. The Morgan fingerprint density at radius 1 is 1.25 bits per heavy atom. The maximum Gasteiger partial charge on any atom is 0.169 e. The first-order valence-corrected chi connectivity index (χ1v) is 9.14. The van der Waals surface area contributed by atoms with Gasteiger partial charge in [0.2, 0.25) is 0 Å². The Hall–Kier alpha value is -1.88. The molecule has 0 spiro atoms. The van der Waals surface area contributed by atoms with Gasteiger partial charge >= 0.3 is 0 Å². The number of hydrogen-bond acceptors (Lipinski definition) is 2. The van der Waals surface area contributed by atoms with E-state index in [0.717, 1.165) is 44.1 Å². The van der Waals surface area contributed by atoms with E-state index in [1.54, 1.807) is 0 Å². The third-order valence-corrected chi connectivity index (χ3v) is 4.39. The molecule has 0 saturated heterocycles. The van der Waals surface area contributed by atoms with Gasteiger partial charge in [0.25, 0.3) is 0 Å². The molecule has 0 unspecified atom stereocenters. The number of nitrogens with one attached hydrogen (secondary N) is 1. The first-order valence-electron chi connectivity index (χ1n) is 8.73. The number of thiocarbonyl (C=S) groups is 1. The van der Waals surface area contributed by atoms with Crippen LogP contribution in [0.1, 0.15) is 37.3 Å². The zero-order valence-corrected chi connectivity index (χ0v) is 15.6. The molecule has 0 radical (unpaired) electrons. The zero-order chi connectivity index (χ0) is 17.2. The third kappa shape index (κ3) is 6.32. The fourth-order valence-electron chi connectivity index (χ4n) is 2.51. The predicted molar refractivity (Wildman–Crippen MR) is 104 cm³/mol. The number of rotatable bonds is 9. The number of benzene rings is 1. The summed E-state index contributed by atoms with van der Waals surface area (Å²) < 4.78 is 2.11. The van der Waals surface area contributed by atoms with Crippen molar-refractivity contribution >= 4 is 17.3 Å². The second-order valence-electron chi connectivity index (χ2n) is 6.15. The van der Waals surface area contributed by atoms with Crippen molar-refractivity contribution in [2.45, 2.75) is 46.2 Å². The Balaban J connectivity index is 1.91. The summed E-state index contributed by atoms with van der Waals surface area (Å²) in [6.07, 6.45) is 9.05. The standard InChI is InChI=1S/C19H28N4S/c1-3-4-10-21-19(24)23(13-5-12-22-14-11-20-16-22)15-18-8-6-17(2)7-9-18/h6-9,11,14,16H,3-5,10,12-13,15H2,1-2H3,(H,21,24). The summed E-state index contributed by atoms with van der Waals surface area (Å²) in [5.74, 6) is 0. The SMILES string of the molecule is CCCCNC(=S)N(CCCn1ccnc1)Cc1ccc(C)cc1. The zero-order valence-electron chi connectivity index (χ0n) is 14.7. The van der Waals surface area contributed by atoms with E-state index in [-0.39, 0.29) is 0 Å². The Bertz CT molecular complexity index is 592. The molecule has 0 saturated carbocycles. The predicted octanol–water partition coefficient (Wildman–Crippen LogP) is 3.76. The van der Waals surface area contributed by atoms with Gasteiger partial charge in [-0.3, -0.25) is 0 Å². The molecule has 0 bridgehead atoms. The Morgan fingerprint density at radius 2 is 2.04 bits per heavy atom. The molecular weight excluding hydrogens is 316 g/mol. The number of unbranched alkanes of at least 4 members (excludes halogenated alkanes) is 1. The largest absolute Gasteiger partial charge is 0.363 e. The molecule has 2 aromatic rings. The van der Waals surface area contributed by atoms with Gasteiger partial charge in [-0.2, -0.15) is 0 Å². The van der Waals surface area contributed by atoms with Gasteiger partial charge in [0.15, 0.2) is 5.11 Å². The van der Waals surface area contributed by atoms with E-state index >= 15 is 0 Å². The molecule has 4 nitrogen and oxygen atoms in total. The normalized spacial score (nSPS) is 10.6. The van der Waals surface area contributed by atoms with E-state index in [9.17, 15) is 0 Å².